The number of hydrogen-bond acceptors (Lipinski definition) is 2. The minimum absolute atomic E-state index is 0.0877. The number of nitrogens with zero attached hydrogens (tertiary/aromatic N) is 2. The van der Waals surface area contributed by atoms with Crippen LogP contribution < -0.4 is 10.2 Å². The van der Waals surface area contributed by atoms with Gasteiger partial charge in [-0.05, 0) is 24.1 Å². The lowest BCUT2D eigenvalue weighted by Gasteiger charge is -2.31. The molecule has 0 saturated carbocycles. The van der Waals surface area contributed by atoms with Crippen LogP contribution in [0.5, 0.6) is 0 Å². The second kappa shape index (κ2) is 6.57. The molecular weight excluding hydrogens is 238 g/mol. The van der Waals surface area contributed by atoms with Gasteiger partial charge in [-0.3, -0.25) is 4.90 Å². The summed E-state index contributed by atoms with van der Waals surface area (Å²) < 4.78 is 0. The SMILES string of the molecule is CCCc1ccc(N(C)C(=O)N2CCNCC2)cc1. The zero-order chi connectivity index (χ0) is 13.7. The number of nitrogens with one attached hydrogen (secondary N) is 1. The van der Waals surface area contributed by atoms with Crippen LogP contribution in [0.3, 0.4) is 0 Å². The Morgan fingerprint density at radius 2 is 1.89 bits per heavy atom. The van der Waals surface area contributed by atoms with Crippen LogP contribution in [0.4, 0.5) is 10.5 Å². The van der Waals surface area contributed by atoms with Crippen molar-refractivity contribution >= 4 is 11.7 Å². The van der Waals surface area contributed by atoms with Crippen LogP contribution in [0.2, 0.25) is 0 Å². The second-order valence-corrected chi connectivity index (χ2v) is 5.00. The maximum atomic E-state index is 12.3. The van der Waals surface area contributed by atoms with Crippen molar-refractivity contribution in [2.75, 3.05) is 38.1 Å². The fraction of sp³-hybridized carbons (Fsp3) is 0.533. The normalized spacial score (nSPS) is 15.4. The van der Waals surface area contributed by atoms with Crippen molar-refractivity contribution in [2.24, 2.45) is 0 Å². The van der Waals surface area contributed by atoms with Gasteiger partial charge in [0.2, 0.25) is 0 Å². The molecule has 0 aliphatic carbocycles. The summed E-state index contributed by atoms with van der Waals surface area (Å²) in [5.74, 6) is 0. The Bertz CT molecular complexity index is 410. The average molecular weight is 261 g/mol. The topological polar surface area (TPSA) is 35.6 Å². The third kappa shape index (κ3) is 3.47. The van der Waals surface area contributed by atoms with Gasteiger partial charge >= 0.3 is 6.03 Å². The minimum Gasteiger partial charge on any atom is -0.322 e. The number of aryl methyl sites for hydroxylation is 1. The Morgan fingerprint density at radius 3 is 2.47 bits per heavy atom. The fourth-order valence-electron chi connectivity index (χ4n) is 2.35. The van der Waals surface area contributed by atoms with Gasteiger partial charge in [0.25, 0.3) is 0 Å². The molecule has 2 rings (SSSR count). The van der Waals surface area contributed by atoms with Gasteiger partial charge in [-0.15, -0.1) is 0 Å². The summed E-state index contributed by atoms with van der Waals surface area (Å²) in [5.41, 5.74) is 2.29. The van der Waals surface area contributed by atoms with Crippen LogP contribution >= 0.6 is 0 Å². The van der Waals surface area contributed by atoms with Gasteiger partial charge in [0, 0.05) is 38.9 Å². The number of amides is 2. The molecule has 1 aromatic rings. The lowest BCUT2D eigenvalue weighted by Crippen LogP contribution is -2.50. The number of rotatable bonds is 3. The lowest BCUT2D eigenvalue weighted by molar-refractivity contribution is 0.198. The quantitative estimate of drug-likeness (QED) is 0.904. The third-order valence-corrected chi connectivity index (χ3v) is 3.54. The van der Waals surface area contributed by atoms with Gasteiger partial charge in [0.1, 0.15) is 0 Å². The van der Waals surface area contributed by atoms with Crippen molar-refractivity contribution in [1.29, 1.82) is 0 Å². The van der Waals surface area contributed by atoms with Gasteiger partial charge < -0.3 is 10.2 Å². The Morgan fingerprint density at radius 1 is 1.26 bits per heavy atom. The van der Waals surface area contributed by atoms with Gasteiger partial charge in [-0.25, -0.2) is 4.79 Å². The Hall–Kier alpha value is -1.55. The number of hydrogen-bond donors (Lipinski definition) is 1. The Balaban J connectivity index is 2.01. The molecule has 1 aliphatic heterocycles. The highest BCUT2D eigenvalue weighted by Crippen LogP contribution is 2.16. The number of carbonyl (C=O) groups excluding carboxylic acids is 1. The largest absolute Gasteiger partial charge is 0.324 e. The van der Waals surface area contributed by atoms with E-state index >= 15 is 0 Å². The van der Waals surface area contributed by atoms with Gasteiger partial charge in [-0.1, -0.05) is 25.5 Å². The molecule has 1 aromatic carbocycles. The third-order valence-electron chi connectivity index (χ3n) is 3.54. The first-order valence-corrected chi connectivity index (χ1v) is 7.04. The summed E-state index contributed by atoms with van der Waals surface area (Å²) in [4.78, 5) is 16.0. The van der Waals surface area contributed by atoms with Crippen LogP contribution in [0.15, 0.2) is 24.3 Å². The predicted octanol–water partition coefficient (Wildman–Crippen LogP) is 2.10. The highest BCUT2D eigenvalue weighted by Gasteiger charge is 2.20. The maximum Gasteiger partial charge on any atom is 0.324 e. The lowest BCUT2D eigenvalue weighted by atomic mass is 10.1. The molecule has 19 heavy (non-hydrogen) atoms. The average Bonchev–Trinajstić information content (AvgIpc) is 2.48. The molecule has 1 fully saturated rings. The molecule has 0 unspecified atom stereocenters. The summed E-state index contributed by atoms with van der Waals surface area (Å²) in [6, 6.07) is 8.38. The molecule has 0 aromatic heterocycles. The van der Waals surface area contributed by atoms with E-state index in [1.54, 1.807) is 4.90 Å². The molecule has 0 spiro atoms. The zero-order valence-corrected chi connectivity index (χ0v) is 11.9. The molecular formula is C15H23N3O. The molecule has 0 radical (unpaired) electrons. The molecule has 1 saturated heterocycles. The van der Waals surface area contributed by atoms with Crippen molar-refractivity contribution in [1.82, 2.24) is 10.2 Å². The number of urea groups is 1. The minimum atomic E-state index is 0.0877. The first-order chi connectivity index (χ1) is 9.22. The van der Waals surface area contributed by atoms with Crippen molar-refractivity contribution in [3.8, 4) is 0 Å². The molecule has 0 atom stereocenters. The molecule has 1 N–H and O–H groups in total. The summed E-state index contributed by atoms with van der Waals surface area (Å²) in [6.07, 6.45) is 2.24. The first-order valence-electron chi connectivity index (χ1n) is 7.04. The maximum absolute atomic E-state index is 12.3. The number of anilines is 1. The van der Waals surface area contributed by atoms with Crippen LogP contribution in [0, 0.1) is 0 Å². The van der Waals surface area contributed by atoms with E-state index in [1.807, 2.05) is 24.1 Å². The highest BCUT2D eigenvalue weighted by molar-refractivity contribution is 5.91. The van der Waals surface area contributed by atoms with E-state index in [1.165, 1.54) is 5.56 Å². The van der Waals surface area contributed by atoms with Crippen LogP contribution in [-0.4, -0.2) is 44.2 Å². The number of piperazine rings is 1. The standard InChI is InChI=1S/C15H23N3O/c1-3-4-13-5-7-14(8-6-13)17(2)15(19)18-11-9-16-10-12-18/h5-8,16H,3-4,9-12H2,1-2H3. The van der Waals surface area contributed by atoms with E-state index in [9.17, 15) is 4.79 Å². The van der Waals surface area contributed by atoms with E-state index in [-0.39, 0.29) is 6.03 Å². The Labute approximate surface area is 115 Å². The van der Waals surface area contributed by atoms with E-state index in [0.717, 1.165) is 44.7 Å². The zero-order valence-electron chi connectivity index (χ0n) is 11.9. The fourth-order valence-corrected chi connectivity index (χ4v) is 2.35. The molecule has 1 aliphatic rings. The summed E-state index contributed by atoms with van der Waals surface area (Å²) in [6.45, 7) is 5.52. The smallest absolute Gasteiger partial charge is 0.322 e. The summed E-state index contributed by atoms with van der Waals surface area (Å²) >= 11 is 0. The molecule has 4 heteroatoms. The highest BCUT2D eigenvalue weighted by atomic mass is 16.2. The van der Waals surface area contributed by atoms with E-state index in [2.05, 4.69) is 24.4 Å². The number of carbonyl (C=O) groups is 1. The summed E-state index contributed by atoms with van der Waals surface area (Å²) in [7, 11) is 1.85. The molecule has 2 amide bonds. The summed E-state index contributed by atoms with van der Waals surface area (Å²) in [5, 5.41) is 3.26. The van der Waals surface area contributed by atoms with Crippen molar-refractivity contribution in [3.63, 3.8) is 0 Å². The Kier molecular flexibility index (Phi) is 4.80. The van der Waals surface area contributed by atoms with Crippen LogP contribution in [-0.2, 0) is 6.42 Å². The molecule has 4 nitrogen and oxygen atoms in total. The number of benzene rings is 1. The van der Waals surface area contributed by atoms with Crippen LogP contribution in [0.25, 0.3) is 0 Å². The second-order valence-electron chi connectivity index (χ2n) is 5.00. The monoisotopic (exact) mass is 261 g/mol. The van der Waals surface area contributed by atoms with Crippen molar-refractivity contribution < 1.29 is 4.79 Å². The molecule has 1 heterocycles. The van der Waals surface area contributed by atoms with Gasteiger partial charge in [0.15, 0.2) is 0 Å². The van der Waals surface area contributed by atoms with E-state index in [4.69, 9.17) is 0 Å². The van der Waals surface area contributed by atoms with Gasteiger partial charge in [0.05, 0.1) is 0 Å². The predicted molar refractivity (Wildman–Crippen MR) is 78.7 cm³/mol. The first kappa shape index (κ1) is 13.9. The molecule has 104 valence electrons. The van der Waals surface area contributed by atoms with Crippen LogP contribution in [0.1, 0.15) is 18.9 Å². The van der Waals surface area contributed by atoms with E-state index < -0.39 is 0 Å². The van der Waals surface area contributed by atoms with Crippen molar-refractivity contribution in [2.45, 2.75) is 19.8 Å². The van der Waals surface area contributed by atoms with Crippen molar-refractivity contribution in [3.05, 3.63) is 29.8 Å². The molecule has 0 bridgehead atoms. The van der Waals surface area contributed by atoms with Gasteiger partial charge in [-0.2, -0.15) is 0 Å². The van der Waals surface area contributed by atoms with E-state index in [0.29, 0.717) is 0 Å².